The first-order valence-corrected chi connectivity index (χ1v) is 9.21. The van der Waals surface area contributed by atoms with Gasteiger partial charge in [-0.1, -0.05) is 48.5 Å². The Bertz CT molecular complexity index is 787. The van der Waals surface area contributed by atoms with Crippen molar-refractivity contribution in [2.45, 2.75) is 32.2 Å². The van der Waals surface area contributed by atoms with Crippen LogP contribution in [0.2, 0.25) is 0 Å². The Morgan fingerprint density at radius 2 is 1.68 bits per heavy atom. The quantitative estimate of drug-likeness (QED) is 0.741. The number of methoxy groups -OCH3 is 1. The van der Waals surface area contributed by atoms with E-state index in [1.165, 1.54) is 42.4 Å². The van der Waals surface area contributed by atoms with E-state index in [4.69, 9.17) is 4.74 Å². The van der Waals surface area contributed by atoms with Crippen molar-refractivity contribution in [1.29, 1.82) is 0 Å². The molecule has 2 heteroatoms. The standard InChI is InChI=1S/C23H25NO/c1-25-20-13-11-19(12-14-20)21-15-16-24(17-18-7-3-2-4-8-18)23-10-6-5-9-22(21)23/h2-4,7-8,11-15H,5-6,9-10,16-17H2,1H3. The molecule has 0 radical (unpaired) electrons. The second kappa shape index (κ2) is 7.18. The van der Waals surface area contributed by atoms with Crippen LogP contribution >= 0.6 is 0 Å². The van der Waals surface area contributed by atoms with Crippen LogP contribution in [0.1, 0.15) is 36.8 Å². The van der Waals surface area contributed by atoms with Crippen molar-refractivity contribution in [2.24, 2.45) is 0 Å². The zero-order chi connectivity index (χ0) is 17.1. The normalized spacial score (nSPS) is 17.2. The van der Waals surface area contributed by atoms with Crippen LogP contribution in [0, 0.1) is 0 Å². The largest absolute Gasteiger partial charge is 0.497 e. The molecule has 0 aromatic heterocycles. The van der Waals surface area contributed by atoms with Crippen LogP contribution in [0.5, 0.6) is 5.75 Å². The molecule has 0 fully saturated rings. The van der Waals surface area contributed by atoms with Crippen molar-refractivity contribution in [1.82, 2.24) is 4.90 Å². The molecular formula is C23H25NO. The van der Waals surface area contributed by atoms with Crippen LogP contribution in [0.4, 0.5) is 0 Å². The smallest absolute Gasteiger partial charge is 0.118 e. The van der Waals surface area contributed by atoms with E-state index in [-0.39, 0.29) is 0 Å². The summed E-state index contributed by atoms with van der Waals surface area (Å²) < 4.78 is 5.31. The molecule has 0 unspecified atom stereocenters. The minimum Gasteiger partial charge on any atom is -0.497 e. The maximum Gasteiger partial charge on any atom is 0.118 e. The molecule has 1 aliphatic carbocycles. The molecule has 1 heterocycles. The van der Waals surface area contributed by atoms with Crippen molar-refractivity contribution in [2.75, 3.05) is 13.7 Å². The lowest BCUT2D eigenvalue weighted by Gasteiger charge is -2.36. The zero-order valence-electron chi connectivity index (χ0n) is 14.9. The molecular weight excluding hydrogens is 306 g/mol. The van der Waals surface area contributed by atoms with E-state index in [1.807, 2.05) is 0 Å². The second-order valence-electron chi connectivity index (χ2n) is 6.84. The van der Waals surface area contributed by atoms with Crippen LogP contribution in [0.3, 0.4) is 0 Å². The van der Waals surface area contributed by atoms with Gasteiger partial charge in [-0.25, -0.2) is 0 Å². The van der Waals surface area contributed by atoms with Crippen molar-refractivity contribution < 1.29 is 4.74 Å². The molecule has 0 spiro atoms. The Kier molecular flexibility index (Phi) is 4.60. The van der Waals surface area contributed by atoms with Crippen LogP contribution in [-0.2, 0) is 6.54 Å². The van der Waals surface area contributed by atoms with Gasteiger partial charge in [0.05, 0.1) is 7.11 Å². The number of benzene rings is 2. The Labute approximate surface area is 150 Å². The lowest BCUT2D eigenvalue weighted by atomic mass is 9.84. The Hall–Kier alpha value is -2.48. The minimum atomic E-state index is 0.920. The van der Waals surface area contributed by atoms with Crippen LogP contribution < -0.4 is 4.74 Å². The van der Waals surface area contributed by atoms with Gasteiger partial charge in [-0.05, 0) is 60.1 Å². The highest BCUT2D eigenvalue weighted by molar-refractivity contribution is 5.81. The minimum absolute atomic E-state index is 0.920. The topological polar surface area (TPSA) is 12.5 Å². The predicted octanol–water partition coefficient (Wildman–Crippen LogP) is 5.42. The van der Waals surface area contributed by atoms with Crippen LogP contribution in [0.15, 0.2) is 71.9 Å². The molecule has 0 atom stereocenters. The summed E-state index contributed by atoms with van der Waals surface area (Å²) in [6.07, 6.45) is 7.41. The van der Waals surface area contributed by atoms with E-state index in [2.05, 4.69) is 65.6 Å². The summed E-state index contributed by atoms with van der Waals surface area (Å²) in [5, 5.41) is 0. The maximum atomic E-state index is 5.31. The van der Waals surface area contributed by atoms with Crippen LogP contribution in [0.25, 0.3) is 5.57 Å². The van der Waals surface area contributed by atoms with Gasteiger partial charge in [-0.2, -0.15) is 0 Å². The van der Waals surface area contributed by atoms with Gasteiger partial charge in [-0.15, -0.1) is 0 Å². The molecule has 25 heavy (non-hydrogen) atoms. The van der Waals surface area contributed by atoms with Crippen molar-refractivity contribution >= 4 is 5.57 Å². The van der Waals surface area contributed by atoms with Crippen molar-refractivity contribution in [3.8, 4) is 5.75 Å². The summed E-state index contributed by atoms with van der Waals surface area (Å²) >= 11 is 0. The summed E-state index contributed by atoms with van der Waals surface area (Å²) in [6.45, 7) is 2.00. The molecule has 0 amide bonds. The third-order valence-corrected chi connectivity index (χ3v) is 5.28. The third-order valence-electron chi connectivity index (χ3n) is 5.28. The van der Waals surface area contributed by atoms with Gasteiger partial charge < -0.3 is 9.64 Å². The summed E-state index contributed by atoms with van der Waals surface area (Å²) in [5.74, 6) is 0.920. The highest BCUT2D eigenvalue weighted by Crippen LogP contribution is 2.40. The molecule has 2 aromatic carbocycles. The molecule has 2 aromatic rings. The lowest BCUT2D eigenvalue weighted by Crippen LogP contribution is -2.29. The van der Waals surface area contributed by atoms with E-state index < -0.39 is 0 Å². The zero-order valence-corrected chi connectivity index (χ0v) is 14.9. The summed E-state index contributed by atoms with van der Waals surface area (Å²) in [5.41, 5.74) is 7.25. The number of allylic oxidation sites excluding steroid dienone is 3. The fourth-order valence-electron chi connectivity index (χ4n) is 3.99. The van der Waals surface area contributed by atoms with E-state index in [0.717, 1.165) is 18.8 Å². The van der Waals surface area contributed by atoms with Crippen molar-refractivity contribution in [3.05, 3.63) is 83.1 Å². The molecule has 0 bridgehead atoms. The highest BCUT2D eigenvalue weighted by Gasteiger charge is 2.25. The van der Waals surface area contributed by atoms with Gasteiger partial charge in [-0.3, -0.25) is 0 Å². The monoisotopic (exact) mass is 331 g/mol. The molecule has 0 N–H and O–H groups in total. The average Bonchev–Trinajstić information content (AvgIpc) is 2.69. The Morgan fingerprint density at radius 1 is 0.920 bits per heavy atom. The van der Waals surface area contributed by atoms with Crippen molar-refractivity contribution in [3.63, 3.8) is 0 Å². The van der Waals surface area contributed by atoms with Gasteiger partial charge in [0.1, 0.15) is 5.75 Å². The van der Waals surface area contributed by atoms with Gasteiger partial charge in [0, 0.05) is 18.8 Å². The number of rotatable bonds is 4. The Morgan fingerprint density at radius 3 is 2.44 bits per heavy atom. The van der Waals surface area contributed by atoms with Crippen LogP contribution in [-0.4, -0.2) is 18.6 Å². The number of nitrogens with zero attached hydrogens (tertiary/aromatic N) is 1. The fraction of sp³-hybridized carbons (Fsp3) is 0.304. The van der Waals surface area contributed by atoms with E-state index >= 15 is 0 Å². The Balaban J connectivity index is 1.63. The van der Waals surface area contributed by atoms with Gasteiger partial charge in [0.15, 0.2) is 0 Å². The van der Waals surface area contributed by atoms with E-state index in [0.29, 0.717) is 0 Å². The van der Waals surface area contributed by atoms with Gasteiger partial charge in [0.25, 0.3) is 0 Å². The number of ether oxygens (including phenoxy) is 1. The highest BCUT2D eigenvalue weighted by atomic mass is 16.5. The SMILES string of the molecule is COc1ccc(C2=CCN(Cc3ccccc3)C3=C2CCCC3)cc1. The molecule has 0 saturated carbocycles. The molecule has 2 aliphatic rings. The van der Waals surface area contributed by atoms with Gasteiger partial charge >= 0.3 is 0 Å². The second-order valence-corrected chi connectivity index (χ2v) is 6.84. The summed E-state index contributed by atoms with van der Waals surface area (Å²) in [4.78, 5) is 2.57. The summed E-state index contributed by atoms with van der Waals surface area (Å²) in [6, 6.07) is 19.3. The number of hydrogen-bond donors (Lipinski definition) is 0. The first-order valence-electron chi connectivity index (χ1n) is 9.21. The van der Waals surface area contributed by atoms with E-state index in [1.54, 1.807) is 18.4 Å². The van der Waals surface area contributed by atoms with Gasteiger partial charge in [0.2, 0.25) is 0 Å². The molecule has 1 aliphatic heterocycles. The third kappa shape index (κ3) is 3.34. The lowest BCUT2D eigenvalue weighted by molar-refractivity contribution is 0.338. The summed E-state index contributed by atoms with van der Waals surface area (Å²) in [7, 11) is 1.72. The predicted molar refractivity (Wildman–Crippen MR) is 103 cm³/mol. The molecule has 4 rings (SSSR count). The van der Waals surface area contributed by atoms with E-state index in [9.17, 15) is 0 Å². The maximum absolute atomic E-state index is 5.31. The first-order chi connectivity index (χ1) is 12.3. The first kappa shape index (κ1) is 16.0. The molecule has 128 valence electrons. The average molecular weight is 331 g/mol. The fourth-order valence-corrected chi connectivity index (χ4v) is 3.99. The molecule has 0 saturated heterocycles. The number of hydrogen-bond acceptors (Lipinski definition) is 2. The molecule has 2 nitrogen and oxygen atoms in total.